The molecule has 1 saturated heterocycles. The highest BCUT2D eigenvalue weighted by Gasteiger charge is 2.56. The predicted octanol–water partition coefficient (Wildman–Crippen LogP) is 2.54. The molecule has 0 amide bonds. The Morgan fingerprint density at radius 2 is 2.00 bits per heavy atom. The summed E-state index contributed by atoms with van der Waals surface area (Å²) in [6, 6.07) is 7.02. The molecule has 1 aliphatic rings. The summed E-state index contributed by atoms with van der Waals surface area (Å²) in [7, 11) is -2.92. The Hall–Kier alpha value is -3.36. The number of hydrogen-bond donors (Lipinski definition) is 3. The van der Waals surface area contributed by atoms with Gasteiger partial charge >= 0.3 is 13.7 Å². The number of ether oxygens (including phenoxy) is 3. The van der Waals surface area contributed by atoms with Crippen LogP contribution >= 0.6 is 7.75 Å². The van der Waals surface area contributed by atoms with E-state index in [-0.39, 0.29) is 28.7 Å². The molecule has 1 fully saturated rings. The zero-order valence-electron chi connectivity index (χ0n) is 22.6. The third-order valence-corrected chi connectivity index (χ3v) is 7.65. The molecule has 3 heterocycles. The van der Waals surface area contributed by atoms with Crippen molar-refractivity contribution in [3.05, 3.63) is 36.7 Å². The number of nitrogen functional groups attached to an aromatic ring is 1. The molecular formula is C24H32FN6O8P. The van der Waals surface area contributed by atoms with Crippen LogP contribution < -0.4 is 20.1 Å². The number of hydrogen-bond acceptors (Lipinski definition) is 12. The molecule has 0 spiro atoms. The van der Waals surface area contributed by atoms with E-state index in [2.05, 4.69) is 20.0 Å². The molecule has 16 heteroatoms. The normalized spacial score (nSPS) is 25.1. The lowest BCUT2D eigenvalue weighted by molar-refractivity contribution is -0.149. The van der Waals surface area contributed by atoms with Crippen LogP contribution in [0, 0.1) is 0 Å². The first-order valence-corrected chi connectivity index (χ1v) is 13.9. The summed E-state index contributed by atoms with van der Waals surface area (Å²) in [5.41, 5.74) is 3.71. The third kappa shape index (κ3) is 6.18. The molecule has 0 saturated carbocycles. The van der Waals surface area contributed by atoms with Crippen LogP contribution in [0.5, 0.6) is 11.6 Å². The predicted molar refractivity (Wildman–Crippen MR) is 140 cm³/mol. The van der Waals surface area contributed by atoms with Crippen LogP contribution in [0.15, 0.2) is 36.7 Å². The molecule has 4 rings (SSSR count). The van der Waals surface area contributed by atoms with Crippen LogP contribution in [-0.4, -0.2) is 74.3 Å². The number of alkyl halides is 1. The Labute approximate surface area is 229 Å². The van der Waals surface area contributed by atoms with Crippen molar-refractivity contribution in [3.63, 3.8) is 0 Å². The summed E-state index contributed by atoms with van der Waals surface area (Å²) in [5, 5.41) is 13.4. The van der Waals surface area contributed by atoms with Crippen molar-refractivity contribution in [2.24, 2.45) is 0 Å². The number of aliphatic hydroxyl groups is 1. The summed E-state index contributed by atoms with van der Waals surface area (Å²) >= 11 is 0. The van der Waals surface area contributed by atoms with E-state index in [1.165, 1.54) is 37.1 Å². The van der Waals surface area contributed by atoms with Crippen LogP contribution in [0.1, 0.15) is 33.9 Å². The number of carbonyl (C=O) groups is 1. The maximum absolute atomic E-state index is 15.9. The molecule has 2 aromatic heterocycles. The largest absolute Gasteiger partial charge is 0.479 e. The fraction of sp³-hybridized carbons (Fsp3) is 0.500. The van der Waals surface area contributed by atoms with Gasteiger partial charge in [0.05, 0.1) is 26.1 Å². The molecular weight excluding hydrogens is 550 g/mol. The minimum absolute atomic E-state index is 0.0791. The number of nitrogens with one attached hydrogen (secondary N) is 1. The van der Waals surface area contributed by atoms with Gasteiger partial charge in [0.2, 0.25) is 11.8 Å². The quantitative estimate of drug-likeness (QED) is 0.222. The summed E-state index contributed by atoms with van der Waals surface area (Å²) in [5.74, 6) is -0.566. The number of benzene rings is 1. The molecule has 0 bridgehead atoms. The number of nitrogens with two attached hydrogens (primary N) is 1. The molecule has 1 aliphatic heterocycles. The van der Waals surface area contributed by atoms with Crippen LogP contribution in [0.3, 0.4) is 0 Å². The number of halogens is 1. The molecule has 6 atom stereocenters. The molecule has 3 aromatic rings. The molecule has 0 unspecified atom stereocenters. The Kier molecular flexibility index (Phi) is 8.61. The highest BCUT2D eigenvalue weighted by molar-refractivity contribution is 7.52. The first-order valence-electron chi connectivity index (χ1n) is 12.4. The fourth-order valence-corrected chi connectivity index (χ4v) is 5.58. The molecule has 218 valence electrons. The van der Waals surface area contributed by atoms with Gasteiger partial charge < -0.3 is 29.6 Å². The second-order valence-electron chi connectivity index (χ2n) is 9.57. The van der Waals surface area contributed by atoms with Crippen molar-refractivity contribution in [2.75, 3.05) is 19.5 Å². The summed E-state index contributed by atoms with van der Waals surface area (Å²) < 4.78 is 58.3. The lowest BCUT2D eigenvalue weighted by Gasteiger charge is -2.25. The fourth-order valence-electron chi connectivity index (χ4n) is 4.08. The number of imidazole rings is 1. The van der Waals surface area contributed by atoms with Gasteiger partial charge in [0.1, 0.15) is 24.0 Å². The van der Waals surface area contributed by atoms with Gasteiger partial charge in [-0.15, -0.1) is 0 Å². The standard InChI is InChI=1S/C24H32FN6O8P/c1-13(2)37-21(33)14(3)30-40(34,39-15-9-7-6-8-10-15)36-11-16-18(32)24(4,25)22(38-16)31-12-27-17-19(31)28-23(26)29-20(17)35-5/h6-10,12-14,16,18,22,32H,11H2,1-5H3,(H,30,34)(H2,26,28,29)/t14-,16-,18-,22-,24-,40-/m1/s1. The van der Waals surface area contributed by atoms with Crippen molar-refractivity contribution in [2.45, 2.75) is 63.9 Å². The Morgan fingerprint density at radius 3 is 2.65 bits per heavy atom. The minimum atomic E-state index is -4.29. The van der Waals surface area contributed by atoms with Crippen LogP contribution in [0.25, 0.3) is 11.2 Å². The van der Waals surface area contributed by atoms with Crippen LogP contribution in [0.4, 0.5) is 10.3 Å². The number of para-hydroxylation sites is 1. The van der Waals surface area contributed by atoms with Crippen molar-refractivity contribution < 1.29 is 42.1 Å². The highest BCUT2D eigenvalue weighted by atomic mass is 31.2. The molecule has 40 heavy (non-hydrogen) atoms. The molecule has 0 radical (unpaired) electrons. The zero-order valence-corrected chi connectivity index (χ0v) is 23.4. The number of nitrogens with zero attached hydrogens (tertiary/aromatic N) is 4. The van der Waals surface area contributed by atoms with Gasteiger partial charge in [-0.05, 0) is 39.8 Å². The van der Waals surface area contributed by atoms with E-state index in [0.717, 1.165) is 6.92 Å². The number of aromatic nitrogens is 4. The highest BCUT2D eigenvalue weighted by Crippen LogP contribution is 2.48. The summed E-state index contributed by atoms with van der Waals surface area (Å²) in [6.07, 6.45) is -3.63. The minimum Gasteiger partial charge on any atom is -0.479 e. The van der Waals surface area contributed by atoms with Crippen molar-refractivity contribution in [1.29, 1.82) is 0 Å². The van der Waals surface area contributed by atoms with Crippen molar-refractivity contribution >= 4 is 30.8 Å². The molecule has 4 N–H and O–H groups in total. The van der Waals surface area contributed by atoms with E-state index in [9.17, 15) is 14.5 Å². The first-order chi connectivity index (χ1) is 18.8. The average Bonchev–Trinajstić information content (AvgIpc) is 3.40. The van der Waals surface area contributed by atoms with Crippen molar-refractivity contribution in [3.8, 4) is 11.6 Å². The summed E-state index contributed by atoms with van der Waals surface area (Å²) in [6.45, 7) is 5.33. The lowest BCUT2D eigenvalue weighted by Crippen LogP contribution is -2.41. The van der Waals surface area contributed by atoms with Gasteiger partial charge in [-0.2, -0.15) is 15.1 Å². The molecule has 0 aliphatic carbocycles. The summed E-state index contributed by atoms with van der Waals surface area (Å²) in [4.78, 5) is 24.6. The lowest BCUT2D eigenvalue weighted by atomic mass is 9.98. The number of esters is 1. The van der Waals surface area contributed by atoms with Crippen LogP contribution in [0.2, 0.25) is 0 Å². The first kappa shape index (κ1) is 29.6. The van der Waals surface area contributed by atoms with E-state index in [4.69, 9.17) is 29.0 Å². The SMILES string of the molecule is COc1nc(N)nc2c1ncn2[C@@H]1O[C@H](CO[P@](=O)(N[C@H](C)C(=O)OC(C)C)Oc2ccccc2)[C@@H](O)[C@@]1(C)F. The Morgan fingerprint density at radius 1 is 1.30 bits per heavy atom. The third-order valence-electron chi connectivity index (χ3n) is 6.00. The smallest absolute Gasteiger partial charge is 0.459 e. The maximum Gasteiger partial charge on any atom is 0.459 e. The second-order valence-corrected chi connectivity index (χ2v) is 11.3. The number of aliphatic hydroxyl groups excluding tert-OH is 1. The van der Waals surface area contributed by atoms with Crippen LogP contribution in [-0.2, 0) is 23.4 Å². The monoisotopic (exact) mass is 582 g/mol. The number of fused-ring (bicyclic) bond motifs is 1. The zero-order chi connectivity index (χ0) is 29.2. The average molecular weight is 583 g/mol. The van der Waals surface area contributed by atoms with Gasteiger partial charge in [-0.25, -0.2) is 13.9 Å². The van der Waals surface area contributed by atoms with E-state index in [0.29, 0.717) is 0 Å². The second kappa shape index (κ2) is 11.6. The molecule has 14 nitrogen and oxygen atoms in total. The van der Waals surface area contributed by atoms with Gasteiger partial charge in [-0.1, -0.05) is 18.2 Å². The number of carbonyl (C=O) groups excluding carboxylic acids is 1. The Balaban J connectivity index is 1.56. The van der Waals surface area contributed by atoms with Gasteiger partial charge in [-0.3, -0.25) is 13.9 Å². The van der Waals surface area contributed by atoms with Crippen molar-refractivity contribution in [1.82, 2.24) is 24.6 Å². The van der Waals surface area contributed by atoms with E-state index in [1.54, 1.807) is 32.0 Å². The van der Waals surface area contributed by atoms with E-state index >= 15 is 4.39 Å². The van der Waals surface area contributed by atoms with Gasteiger partial charge in [0.25, 0.3) is 0 Å². The van der Waals surface area contributed by atoms with Gasteiger partial charge in [0, 0.05) is 0 Å². The van der Waals surface area contributed by atoms with E-state index in [1.807, 2.05) is 0 Å². The number of anilines is 1. The molecule has 1 aromatic carbocycles. The van der Waals surface area contributed by atoms with E-state index < -0.39 is 56.6 Å². The topological polar surface area (TPSA) is 182 Å². The number of rotatable bonds is 11. The Bertz CT molecular complexity index is 1390. The number of methoxy groups -OCH3 is 1. The van der Waals surface area contributed by atoms with Gasteiger partial charge in [0.15, 0.2) is 23.1 Å². The maximum atomic E-state index is 15.9.